The molecular formula is C60H39NS. The third-order valence-electron chi connectivity index (χ3n) is 13.2. The second kappa shape index (κ2) is 13.8. The Morgan fingerprint density at radius 3 is 1.79 bits per heavy atom. The van der Waals surface area contributed by atoms with Crippen LogP contribution in [0.2, 0.25) is 0 Å². The van der Waals surface area contributed by atoms with Crippen molar-refractivity contribution in [3.63, 3.8) is 0 Å². The van der Waals surface area contributed by atoms with Gasteiger partial charge >= 0.3 is 0 Å². The molecule has 0 radical (unpaired) electrons. The lowest BCUT2D eigenvalue weighted by molar-refractivity contribution is 0.792. The van der Waals surface area contributed by atoms with Gasteiger partial charge < -0.3 is 4.90 Å². The molecule has 290 valence electrons. The Hall–Kier alpha value is -7.52. The molecule has 0 saturated heterocycles. The summed E-state index contributed by atoms with van der Waals surface area (Å²) in [6.07, 6.45) is 0. The van der Waals surface area contributed by atoms with Gasteiger partial charge in [0.1, 0.15) is 0 Å². The Labute approximate surface area is 371 Å². The standard InChI is InChI=1S/C60H39NS/c1-2-19-46-39(14-1)15-12-24-47(46)40-30-33-44(34-31-40)61(45-18-11-16-41(36-45)42-32-35-58-52(37-42)50-22-6-10-29-57(50)62-58)38-43-17-13-28-56-59(43)51-23-5-9-27-55(51)60(56)53-25-7-3-20-48(53)49-21-4-8-26-54(49)60/h1-37H,38H2/i30D,31D,33D,34D. The number of hydrogen-bond acceptors (Lipinski definition) is 2. The van der Waals surface area contributed by atoms with E-state index in [0.717, 1.165) is 44.3 Å². The molecule has 1 spiro atoms. The van der Waals surface area contributed by atoms with E-state index in [-0.39, 0.29) is 29.9 Å². The van der Waals surface area contributed by atoms with Crippen molar-refractivity contribution < 1.29 is 5.48 Å². The Bertz CT molecular complexity index is 3750. The summed E-state index contributed by atoms with van der Waals surface area (Å²) in [5, 5.41) is 4.31. The molecule has 0 amide bonds. The fourth-order valence-electron chi connectivity index (χ4n) is 10.6. The lowest BCUT2D eigenvalue weighted by Crippen LogP contribution is -2.26. The monoisotopic (exact) mass is 809 g/mol. The summed E-state index contributed by atoms with van der Waals surface area (Å²) in [6, 6.07) is 70.0. The number of rotatable bonds is 6. The van der Waals surface area contributed by atoms with Gasteiger partial charge in [-0.15, -0.1) is 11.3 Å². The zero-order valence-electron chi connectivity index (χ0n) is 37.6. The number of hydrogen-bond donors (Lipinski definition) is 0. The highest BCUT2D eigenvalue weighted by Crippen LogP contribution is 2.63. The largest absolute Gasteiger partial charge is 0.337 e. The third-order valence-corrected chi connectivity index (χ3v) is 14.4. The maximum Gasteiger partial charge on any atom is 0.0725 e. The average Bonchev–Trinajstić information content (AvgIpc) is 4.00. The zero-order chi connectivity index (χ0) is 44.3. The molecule has 0 aliphatic heterocycles. The van der Waals surface area contributed by atoms with Crippen LogP contribution < -0.4 is 4.90 Å². The first-order valence-electron chi connectivity index (χ1n) is 23.2. The first kappa shape index (κ1) is 31.4. The van der Waals surface area contributed by atoms with E-state index >= 15 is 0 Å². The van der Waals surface area contributed by atoms with Crippen LogP contribution in [0.3, 0.4) is 0 Å². The average molecular weight is 810 g/mol. The molecule has 2 aliphatic rings. The van der Waals surface area contributed by atoms with Crippen molar-refractivity contribution in [3.8, 4) is 44.5 Å². The number of fused-ring (bicyclic) bond motifs is 14. The van der Waals surface area contributed by atoms with Gasteiger partial charge in [0.05, 0.1) is 10.9 Å². The molecule has 0 bridgehead atoms. The van der Waals surface area contributed by atoms with Crippen LogP contribution in [0.1, 0.15) is 33.3 Å². The van der Waals surface area contributed by atoms with Crippen LogP contribution in [0.15, 0.2) is 224 Å². The van der Waals surface area contributed by atoms with Crippen molar-refractivity contribution in [2.75, 3.05) is 4.90 Å². The van der Waals surface area contributed by atoms with Crippen LogP contribution in [0, 0.1) is 0 Å². The number of benzene rings is 10. The van der Waals surface area contributed by atoms with Crippen LogP contribution in [-0.2, 0) is 12.0 Å². The predicted octanol–water partition coefficient (Wildman–Crippen LogP) is 16.2. The quantitative estimate of drug-likeness (QED) is 0.162. The van der Waals surface area contributed by atoms with Crippen molar-refractivity contribution in [2.45, 2.75) is 12.0 Å². The fraction of sp³-hybridized carbons (Fsp3) is 0.0333. The summed E-state index contributed by atoms with van der Waals surface area (Å²) in [5.41, 5.74) is 14.3. The van der Waals surface area contributed by atoms with Crippen LogP contribution in [0.5, 0.6) is 0 Å². The van der Waals surface area contributed by atoms with Gasteiger partial charge in [0.2, 0.25) is 0 Å². The van der Waals surface area contributed by atoms with E-state index in [1.54, 1.807) is 11.3 Å². The molecular weight excluding hydrogens is 767 g/mol. The van der Waals surface area contributed by atoms with Gasteiger partial charge in [0, 0.05) is 38.1 Å². The first-order valence-corrected chi connectivity index (χ1v) is 22.0. The Kier molecular flexibility index (Phi) is 6.96. The molecule has 0 N–H and O–H groups in total. The second-order valence-corrected chi connectivity index (χ2v) is 17.5. The van der Waals surface area contributed by atoms with Gasteiger partial charge in [-0.3, -0.25) is 0 Å². The molecule has 0 unspecified atom stereocenters. The summed E-state index contributed by atoms with van der Waals surface area (Å²) < 4.78 is 41.6. The highest BCUT2D eigenvalue weighted by Gasteiger charge is 2.51. The molecule has 1 heterocycles. The van der Waals surface area contributed by atoms with Crippen LogP contribution in [0.25, 0.3) is 75.5 Å². The maximum absolute atomic E-state index is 9.88. The van der Waals surface area contributed by atoms with Crippen LogP contribution >= 0.6 is 11.3 Å². The molecule has 0 saturated carbocycles. The van der Waals surface area contributed by atoms with Crippen LogP contribution in [0.4, 0.5) is 11.4 Å². The summed E-state index contributed by atoms with van der Waals surface area (Å²) in [5.74, 6) is 0. The lowest BCUT2D eigenvalue weighted by atomic mass is 9.70. The molecule has 2 heteroatoms. The molecule has 1 aromatic heterocycles. The van der Waals surface area contributed by atoms with Crippen molar-refractivity contribution in [3.05, 3.63) is 252 Å². The summed E-state index contributed by atoms with van der Waals surface area (Å²) >= 11 is 1.80. The molecule has 62 heavy (non-hydrogen) atoms. The molecule has 2 aliphatic carbocycles. The topological polar surface area (TPSA) is 3.24 Å². The molecule has 0 fully saturated rings. The summed E-state index contributed by atoms with van der Waals surface area (Å²) in [4.78, 5) is 2.02. The zero-order valence-corrected chi connectivity index (χ0v) is 34.4. The van der Waals surface area contributed by atoms with Gasteiger partial charge in [0.15, 0.2) is 0 Å². The van der Waals surface area contributed by atoms with E-state index in [4.69, 9.17) is 0 Å². The molecule has 10 aromatic carbocycles. The van der Waals surface area contributed by atoms with Crippen molar-refractivity contribution in [2.24, 2.45) is 0 Å². The predicted molar refractivity (Wildman–Crippen MR) is 263 cm³/mol. The van der Waals surface area contributed by atoms with E-state index in [0.29, 0.717) is 17.7 Å². The van der Waals surface area contributed by atoms with E-state index in [9.17, 15) is 5.48 Å². The van der Waals surface area contributed by atoms with Crippen LogP contribution in [-0.4, -0.2) is 0 Å². The van der Waals surface area contributed by atoms with Gasteiger partial charge in [-0.1, -0.05) is 182 Å². The third kappa shape index (κ3) is 5.14. The van der Waals surface area contributed by atoms with Gasteiger partial charge in [0.25, 0.3) is 0 Å². The summed E-state index contributed by atoms with van der Waals surface area (Å²) in [7, 11) is 0. The minimum absolute atomic E-state index is 0.0694. The van der Waals surface area contributed by atoms with E-state index in [2.05, 4.69) is 146 Å². The highest BCUT2D eigenvalue weighted by molar-refractivity contribution is 7.25. The molecule has 0 atom stereocenters. The molecule has 1 nitrogen and oxygen atoms in total. The van der Waals surface area contributed by atoms with E-state index in [1.807, 2.05) is 59.5 Å². The smallest absolute Gasteiger partial charge is 0.0725 e. The van der Waals surface area contributed by atoms with E-state index in [1.165, 1.54) is 53.6 Å². The Morgan fingerprint density at radius 1 is 0.403 bits per heavy atom. The number of nitrogens with zero attached hydrogens (tertiary/aromatic N) is 1. The maximum atomic E-state index is 9.88. The van der Waals surface area contributed by atoms with Gasteiger partial charge in [-0.05, 0) is 126 Å². The molecule has 11 aromatic rings. The normalized spacial score (nSPS) is 13.9. The number of thiophene rings is 1. The summed E-state index contributed by atoms with van der Waals surface area (Å²) in [6.45, 7) is 0.290. The Balaban J connectivity index is 1.03. The van der Waals surface area contributed by atoms with Crippen molar-refractivity contribution in [1.82, 2.24) is 0 Å². The SMILES string of the molecule is [2H]c1c([2H])c(N(Cc2cccc3c2-c2ccccc2C32c3ccccc3-c3ccccc32)c2cccc(-c3ccc4sc5ccccc5c4c3)c2)c([2H])c([2H])c1-c1cccc2ccccc12. The highest BCUT2D eigenvalue weighted by atomic mass is 32.1. The number of anilines is 2. The minimum Gasteiger partial charge on any atom is -0.337 e. The fourth-order valence-corrected chi connectivity index (χ4v) is 11.7. The van der Waals surface area contributed by atoms with Crippen molar-refractivity contribution >= 4 is 53.7 Å². The minimum atomic E-state index is -0.533. The Morgan fingerprint density at radius 2 is 0.984 bits per heavy atom. The van der Waals surface area contributed by atoms with Crippen molar-refractivity contribution in [1.29, 1.82) is 0 Å². The molecule has 13 rings (SSSR count). The van der Waals surface area contributed by atoms with Gasteiger partial charge in [-0.25, -0.2) is 0 Å². The van der Waals surface area contributed by atoms with E-state index < -0.39 is 5.41 Å². The van der Waals surface area contributed by atoms with Gasteiger partial charge in [-0.2, -0.15) is 0 Å². The first-order chi connectivity index (χ1) is 32.4. The lowest BCUT2D eigenvalue weighted by Gasteiger charge is -2.31. The second-order valence-electron chi connectivity index (χ2n) is 16.4.